The number of carbonyl (C=O) groups is 1. The first-order valence-electron chi connectivity index (χ1n) is 6.07. The Morgan fingerprint density at radius 2 is 2.20 bits per heavy atom. The number of hydrogen-bond donors (Lipinski definition) is 1. The number of hydrogen-bond acceptors (Lipinski definition) is 5. The lowest BCUT2D eigenvalue weighted by atomic mass is 10.2. The van der Waals surface area contributed by atoms with Gasteiger partial charge in [-0.05, 0) is 19.1 Å². The molecule has 1 aliphatic heterocycles. The number of thiocarbonyl (C=S) groups is 1. The largest absolute Gasteiger partial charge is 0.389 e. The highest BCUT2D eigenvalue weighted by molar-refractivity contribution is 7.91. The van der Waals surface area contributed by atoms with Crippen molar-refractivity contribution in [2.75, 3.05) is 18.1 Å². The second-order valence-corrected chi connectivity index (χ2v) is 7.43. The second kappa shape index (κ2) is 5.45. The molecule has 0 aliphatic carbocycles. The Labute approximate surface area is 122 Å². The van der Waals surface area contributed by atoms with E-state index in [9.17, 15) is 13.2 Å². The van der Waals surface area contributed by atoms with Crippen LogP contribution in [0.2, 0.25) is 0 Å². The summed E-state index contributed by atoms with van der Waals surface area (Å²) in [7, 11) is -3.05. The van der Waals surface area contributed by atoms with Crippen molar-refractivity contribution in [3.8, 4) is 0 Å². The van der Waals surface area contributed by atoms with Gasteiger partial charge in [-0.2, -0.15) is 0 Å². The van der Waals surface area contributed by atoms with Crippen LogP contribution in [0.5, 0.6) is 0 Å². The molecule has 1 saturated heterocycles. The van der Waals surface area contributed by atoms with E-state index in [0.29, 0.717) is 5.56 Å². The van der Waals surface area contributed by atoms with Crippen molar-refractivity contribution in [3.63, 3.8) is 0 Å². The van der Waals surface area contributed by atoms with Crippen LogP contribution in [0.1, 0.15) is 23.0 Å². The number of sulfone groups is 1. The van der Waals surface area contributed by atoms with Crippen molar-refractivity contribution in [2.45, 2.75) is 13.0 Å². The molecule has 1 aromatic rings. The molecule has 0 aromatic carbocycles. The smallest absolute Gasteiger partial charge is 0.272 e. The van der Waals surface area contributed by atoms with E-state index in [4.69, 9.17) is 18.0 Å². The SMILES string of the molecule is CC1CS(=O)(=O)CCN1C(=O)c1ccc(C(N)=S)cn1. The summed E-state index contributed by atoms with van der Waals surface area (Å²) < 4.78 is 23.0. The van der Waals surface area contributed by atoms with E-state index in [2.05, 4.69) is 4.98 Å². The third-order valence-electron chi connectivity index (χ3n) is 3.20. The van der Waals surface area contributed by atoms with Gasteiger partial charge in [0.05, 0.1) is 11.5 Å². The fourth-order valence-electron chi connectivity index (χ4n) is 2.11. The first-order valence-corrected chi connectivity index (χ1v) is 8.30. The standard InChI is InChI=1S/C12H15N3O3S2/c1-8-7-20(17,18)5-4-15(8)12(16)10-3-2-9(6-14-10)11(13)19/h2-3,6,8H,4-5,7H2,1H3,(H2,13,19). The highest BCUT2D eigenvalue weighted by Crippen LogP contribution is 2.14. The normalized spacial score (nSPS) is 21.4. The van der Waals surface area contributed by atoms with E-state index in [1.165, 1.54) is 11.1 Å². The molecule has 1 aromatic heterocycles. The maximum absolute atomic E-state index is 12.3. The zero-order chi connectivity index (χ0) is 14.9. The molecule has 0 bridgehead atoms. The van der Waals surface area contributed by atoms with Crippen LogP contribution in [0.25, 0.3) is 0 Å². The minimum Gasteiger partial charge on any atom is -0.389 e. The van der Waals surface area contributed by atoms with E-state index in [0.717, 1.165) is 0 Å². The molecule has 8 heteroatoms. The minimum atomic E-state index is -3.05. The number of pyridine rings is 1. The Morgan fingerprint density at radius 3 is 2.70 bits per heavy atom. The summed E-state index contributed by atoms with van der Waals surface area (Å²) in [6, 6.07) is 2.83. The molecule has 1 fully saturated rings. The van der Waals surface area contributed by atoms with Gasteiger partial charge in [-0.3, -0.25) is 9.78 Å². The lowest BCUT2D eigenvalue weighted by Crippen LogP contribution is -2.49. The molecule has 2 heterocycles. The Balaban J connectivity index is 2.17. The number of rotatable bonds is 2. The van der Waals surface area contributed by atoms with Gasteiger partial charge < -0.3 is 10.6 Å². The van der Waals surface area contributed by atoms with Crippen LogP contribution in [-0.2, 0) is 9.84 Å². The van der Waals surface area contributed by atoms with E-state index < -0.39 is 9.84 Å². The number of nitrogens with zero attached hydrogens (tertiary/aromatic N) is 2. The zero-order valence-corrected chi connectivity index (χ0v) is 12.6. The van der Waals surface area contributed by atoms with E-state index in [1.54, 1.807) is 19.1 Å². The second-order valence-electron chi connectivity index (χ2n) is 4.76. The monoisotopic (exact) mass is 313 g/mol. The molecule has 2 rings (SSSR count). The molecule has 0 spiro atoms. The van der Waals surface area contributed by atoms with Crippen LogP contribution in [-0.4, -0.2) is 53.3 Å². The van der Waals surface area contributed by atoms with Crippen molar-refractivity contribution < 1.29 is 13.2 Å². The first-order chi connectivity index (χ1) is 9.30. The topological polar surface area (TPSA) is 93.4 Å². The molecule has 20 heavy (non-hydrogen) atoms. The summed E-state index contributed by atoms with van der Waals surface area (Å²) in [5.41, 5.74) is 6.31. The number of aromatic nitrogens is 1. The zero-order valence-electron chi connectivity index (χ0n) is 10.9. The van der Waals surface area contributed by atoms with Gasteiger partial charge in [-0.25, -0.2) is 8.42 Å². The maximum Gasteiger partial charge on any atom is 0.272 e. The highest BCUT2D eigenvalue weighted by atomic mass is 32.2. The Morgan fingerprint density at radius 1 is 1.50 bits per heavy atom. The fourth-order valence-corrected chi connectivity index (χ4v) is 3.79. The number of nitrogens with two attached hydrogens (primary N) is 1. The highest BCUT2D eigenvalue weighted by Gasteiger charge is 2.32. The Bertz CT molecular complexity index is 640. The van der Waals surface area contributed by atoms with Gasteiger partial charge in [-0.15, -0.1) is 0 Å². The molecule has 1 aliphatic rings. The third-order valence-corrected chi connectivity index (χ3v) is 5.23. The lowest BCUT2D eigenvalue weighted by molar-refractivity contribution is 0.0706. The number of carbonyl (C=O) groups excluding carboxylic acids is 1. The number of amides is 1. The summed E-state index contributed by atoms with van der Waals surface area (Å²) in [4.78, 5) is 18.1. The maximum atomic E-state index is 12.3. The molecule has 0 saturated carbocycles. The van der Waals surface area contributed by atoms with Gasteiger partial charge in [0.15, 0.2) is 9.84 Å². The molecule has 1 unspecified atom stereocenters. The molecule has 108 valence electrons. The molecular weight excluding hydrogens is 298 g/mol. The average Bonchev–Trinajstić information content (AvgIpc) is 2.37. The van der Waals surface area contributed by atoms with Gasteiger partial charge in [0, 0.05) is 24.3 Å². The Kier molecular flexibility index (Phi) is 4.05. The summed E-state index contributed by atoms with van der Waals surface area (Å²) in [5.74, 6) is -0.292. The first kappa shape index (κ1) is 14.9. The van der Waals surface area contributed by atoms with Crippen molar-refractivity contribution in [3.05, 3.63) is 29.6 Å². The van der Waals surface area contributed by atoms with Crippen molar-refractivity contribution >= 4 is 33.0 Å². The van der Waals surface area contributed by atoms with E-state index >= 15 is 0 Å². The molecule has 1 amide bonds. The van der Waals surface area contributed by atoms with Gasteiger partial charge in [0.25, 0.3) is 5.91 Å². The van der Waals surface area contributed by atoms with Crippen molar-refractivity contribution in [2.24, 2.45) is 5.73 Å². The predicted molar refractivity (Wildman–Crippen MR) is 79.3 cm³/mol. The lowest BCUT2D eigenvalue weighted by Gasteiger charge is -2.32. The summed E-state index contributed by atoms with van der Waals surface area (Å²) >= 11 is 4.82. The molecular formula is C12H15N3O3S2. The van der Waals surface area contributed by atoms with Gasteiger partial charge in [0.2, 0.25) is 0 Å². The van der Waals surface area contributed by atoms with E-state index in [-0.39, 0.29) is 40.7 Å². The van der Waals surface area contributed by atoms with E-state index in [1.807, 2.05) is 0 Å². The molecule has 0 radical (unpaired) electrons. The third kappa shape index (κ3) is 3.13. The molecule has 6 nitrogen and oxygen atoms in total. The van der Waals surface area contributed by atoms with Crippen LogP contribution < -0.4 is 5.73 Å². The van der Waals surface area contributed by atoms with Crippen LogP contribution >= 0.6 is 12.2 Å². The summed E-state index contributed by atoms with van der Waals surface area (Å²) in [6.45, 7) is 1.92. The van der Waals surface area contributed by atoms with Crippen LogP contribution in [0, 0.1) is 0 Å². The van der Waals surface area contributed by atoms with Crippen LogP contribution in [0.4, 0.5) is 0 Å². The van der Waals surface area contributed by atoms with Crippen molar-refractivity contribution in [1.29, 1.82) is 0 Å². The van der Waals surface area contributed by atoms with Gasteiger partial charge in [-0.1, -0.05) is 12.2 Å². The van der Waals surface area contributed by atoms with Gasteiger partial charge >= 0.3 is 0 Å². The van der Waals surface area contributed by atoms with Crippen LogP contribution in [0.15, 0.2) is 18.3 Å². The summed E-state index contributed by atoms with van der Waals surface area (Å²) in [5, 5.41) is 0. The quantitative estimate of drug-likeness (QED) is 0.771. The summed E-state index contributed by atoms with van der Waals surface area (Å²) in [6.07, 6.45) is 1.45. The minimum absolute atomic E-state index is 0.00590. The molecule has 1 atom stereocenters. The van der Waals surface area contributed by atoms with Gasteiger partial charge in [0.1, 0.15) is 10.7 Å². The van der Waals surface area contributed by atoms with Crippen LogP contribution in [0.3, 0.4) is 0 Å². The predicted octanol–water partition coefficient (Wildman–Crippen LogP) is -0.0251. The fraction of sp³-hybridized carbons (Fsp3) is 0.417. The van der Waals surface area contributed by atoms with Crippen molar-refractivity contribution in [1.82, 2.24) is 9.88 Å². The Hall–Kier alpha value is -1.54. The average molecular weight is 313 g/mol. The molecule has 2 N–H and O–H groups in total.